The van der Waals surface area contributed by atoms with Crippen LogP contribution in [0.3, 0.4) is 0 Å². The van der Waals surface area contributed by atoms with Crippen LogP contribution in [0, 0.1) is 11.3 Å². The van der Waals surface area contributed by atoms with Gasteiger partial charge in [-0.3, -0.25) is 0 Å². The summed E-state index contributed by atoms with van der Waals surface area (Å²) < 4.78 is 7.86. The minimum Gasteiger partial charge on any atom is -0.486 e. The Morgan fingerprint density at radius 1 is 1.48 bits per heavy atom. The second-order valence-corrected chi connectivity index (χ2v) is 6.12. The third-order valence-electron chi connectivity index (χ3n) is 3.26. The summed E-state index contributed by atoms with van der Waals surface area (Å²) in [4.78, 5) is 2.64. The van der Waals surface area contributed by atoms with Crippen molar-refractivity contribution in [1.29, 1.82) is 5.26 Å². The van der Waals surface area contributed by atoms with Crippen molar-refractivity contribution in [1.82, 2.24) is 14.8 Å². The van der Waals surface area contributed by atoms with Gasteiger partial charge in [0.2, 0.25) is 0 Å². The molecule has 7 nitrogen and oxygen atoms in total. The summed E-state index contributed by atoms with van der Waals surface area (Å²) in [6.45, 7) is 6.15. The van der Waals surface area contributed by atoms with Crippen LogP contribution < -0.4 is 15.4 Å². The maximum Gasteiger partial charge on any atom is 0.178 e. The number of hydrogen-bond acceptors (Lipinski definition) is 7. The van der Waals surface area contributed by atoms with E-state index >= 15 is 0 Å². The van der Waals surface area contributed by atoms with E-state index in [9.17, 15) is 5.26 Å². The highest BCUT2D eigenvalue weighted by atomic mass is 32.1. The van der Waals surface area contributed by atoms with E-state index in [0.717, 1.165) is 23.9 Å². The Labute approximate surface area is 126 Å². The molecule has 0 saturated carbocycles. The van der Waals surface area contributed by atoms with Crippen molar-refractivity contribution in [2.45, 2.75) is 33.0 Å². The zero-order valence-electron chi connectivity index (χ0n) is 11.9. The van der Waals surface area contributed by atoms with Crippen LogP contribution in [0.1, 0.15) is 24.5 Å². The number of aromatic nitrogens is 3. The van der Waals surface area contributed by atoms with Gasteiger partial charge in [-0.15, -0.1) is 21.5 Å². The molecule has 2 aromatic heterocycles. The highest BCUT2D eigenvalue weighted by molar-refractivity contribution is 7.17. The summed E-state index contributed by atoms with van der Waals surface area (Å²) in [5, 5.41) is 18.1. The van der Waals surface area contributed by atoms with Gasteiger partial charge in [0.05, 0.1) is 12.6 Å². The summed E-state index contributed by atoms with van der Waals surface area (Å²) in [6.07, 6.45) is 1.74. The topological polar surface area (TPSA) is 93.0 Å². The van der Waals surface area contributed by atoms with Crippen LogP contribution in [-0.2, 0) is 13.1 Å². The molecule has 110 valence electrons. The maximum absolute atomic E-state index is 9.19. The third kappa shape index (κ3) is 2.40. The summed E-state index contributed by atoms with van der Waals surface area (Å²) in [7, 11) is 0. The molecule has 0 radical (unpaired) electrons. The molecular formula is C13H16N6OS. The predicted molar refractivity (Wildman–Crippen MR) is 80.3 cm³/mol. The van der Waals surface area contributed by atoms with Gasteiger partial charge >= 0.3 is 0 Å². The Morgan fingerprint density at radius 3 is 3.00 bits per heavy atom. The van der Waals surface area contributed by atoms with Crippen molar-refractivity contribution in [3.05, 3.63) is 17.0 Å². The lowest BCUT2D eigenvalue weighted by molar-refractivity contribution is 0.245. The number of nitrogens with two attached hydrogens (primary N) is 1. The fourth-order valence-electron chi connectivity index (χ4n) is 2.30. The highest BCUT2D eigenvalue weighted by Gasteiger charge is 2.26. The molecular weight excluding hydrogens is 288 g/mol. The number of nitrogens with zero attached hydrogens (tertiary/aromatic N) is 5. The quantitative estimate of drug-likeness (QED) is 0.926. The van der Waals surface area contributed by atoms with Crippen molar-refractivity contribution >= 4 is 22.0 Å². The number of anilines is 2. The molecule has 0 atom stereocenters. The molecule has 0 saturated heterocycles. The van der Waals surface area contributed by atoms with Crippen molar-refractivity contribution < 1.29 is 4.74 Å². The van der Waals surface area contributed by atoms with Crippen LogP contribution >= 0.6 is 11.3 Å². The van der Waals surface area contributed by atoms with Gasteiger partial charge in [-0.2, -0.15) is 5.26 Å². The first-order valence-electron chi connectivity index (χ1n) is 6.70. The van der Waals surface area contributed by atoms with E-state index in [2.05, 4.69) is 21.2 Å². The minimum atomic E-state index is 0.000589. The number of ether oxygens (including phenoxy) is 1. The van der Waals surface area contributed by atoms with Crippen LogP contribution in [0.5, 0.6) is 5.75 Å². The lowest BCUT2D eigenvalue weighted by Gasteiger charge is -2.28. The van der Waals surface area contributed by atoms with E-state index in [1.807, 2.05) is 18.4 Å². The molecule has 0 bridgehead atoms. The SMILES string of the molecule is CC(C)Oc1c(N2CCn3cnnc3C2)sc(C#N)c1N. The van der Waals surface area contributed by atoms with Crippen LogP contribution in [-0.4, -0.2) is 27.4 Å². The number of nitriles is 1. The number of nitrogen functional groups attached to an aromatic ring is 1. The molecule has 3 rings (SSSR count). The van der Waals surface area contributed by atoms with E-state index in [-0.39, 0.29) is 6.10 Å². The molecule has 1 aliphatic rings. The molecule has 0 fully saturated rings. The number of fused-ring (bicyclic) bond motifs is 1. The molecule has 0 spiro atoms. The average molecular weight is 304 g/mol. The fraction of sp³-hybridized carbons (Fsp3) is 0.462. The van der Waals surface area contributed by atoms with Crippen LogP contribution in [0.4, 0.5) is 10.7 Å². The fourth-order valence-corrected chi connectivity index (χ4v) is 3.27. The lowest BCUT2D eigenvalue weighted by atomic mass is 10.3. The summed E-state index contributed by atoms with van der Waals surface area (Å²) >= 11 is 1.37. The molecule has 0 amide bonds. The Morgan fingerprint density at radius 2 is 2.29 bits per heavy atom. The third-order valence-corrected chi connectivity index (χ3v) is 4.42. The monoisotopic (exact) mass is 304 g/mol. The lowest BCUT2D eigenvalue weighted by Crippen LogP contribution is -2.33. The first-order valence-corrected chi connectivity index (χ1v) is 7.52. The van der Waals surface area contributed by atoms with Gasteiger partial charge < -0.3 is 19.9 Å². The summed E-state index contributed by atoms with van der Waals surface area (Å²) in [6, 6.07) is 2.14. The molecule has 21 heavy (non-hydrogen) atoms. The zero-order valence-corrected chi connectivity index (χ0v) is 12.7. The highest BCUT2D eigenvalue weighted by Crippen LogP contribution is 2.45. The minimum absolute atomic E-state index is 0.000589. The smallest absolute Gasteiger partial charge is 0.178 e. The first kappa shape index (κ1) is 13.7. The van der Waals surface area contributed by atoms with E-state index in [1.165, 1.54) is 11.3 Å². The Balaban J connectivity index is 1.97. The van der Waals surface area contributed by atoms with Crippen molar-refractivity contribution in [2.75, 3.05) is 17.2 Å². The largest absolute Gasteiger partial charge is 0.486 e. The second kappa shape index (κ2) is 5.26. The first-order chi connectivity index (χ1) is 10.1. The molecule has 3 heterocycles. The average Bonchev–Trinajstić information content (AvgIpc) is 3.03. The normalized spacial score (nSPS) is 14.1. The van der Waals surface area contributed by atoms with Gasteiger partial charge in [-0.1, -0.05) is 0 Å². The predicted octanol–water partition coefficient (Wildman–Crippen LogP) is 1.60. The molecule has 2 N–H and O–H groups in total. The molecule has 2 aromatic rings. The van der Waals surface area contributed by atoms with Crippen LogP contribution in [0.2, 0.25) is 0 Å². The number of thiophene rings is 1. The van der Waals surface area contributed by atoms with E-state index in [1.54, 1.807) is 6.33 Å². The molecule has 0 aliphatic carbocycles. The van der Waals surface area contributed by atoms with Crippen LogP contribution in [0.25, 0.3) is 0 Å². The summed E-state index contributed by atoms with van der Waals surface area (Å²) in [5.74, 6) is 1.52. The van der Waals surface area contributed by atoms with Gasteiger partial charge in [0, 0.05) is 13.1 Å². The Bertz CT molecular complexity index is 698. The zero-order chi connectivity index (χ0) is 15.0. The van der Waals surface area contributed by atoms with Gasteiger partial charge in [-0.05, 0) is 13.8 Å². The van der Waals surface area contributed by atoms with Gasteiger partial charge in [-0.25, -0.2) is 0 Å². The molecule has 0 aromatic carbocycles. The number of rotatable bonds is 3. The van der Waals surface area contributed by atoms with E-state index in [4.69, 9.17) is 10.5 Å². The molecule has 1 aliphatic heterocycles. The number of hydrogen-bond donors (Lipinski definition) is 1. The Hall–Kier alpha value is -2.27. The van der Waals surface area contributed by atoms with Gasteiger partial charge in [0.1, 0.15) is 28.0 Å². The van der Waals surface area contributed by atoms with Crippen molar-refractivity contribution in [2.24, 2.45) is 0 Å². The maximum atomic E-state index is 9.19. The molecule has 0 unspecified atom stereocenters. The molecule has 8 heteroatoms. The van der Waals surface area contributed by atoms with Gasteiger partial charge in [0.15, 0.2) is 11.6 Å². The van der Waals surface area contributed by atoms with E-state index < -0.39 is 0 Å². The second-order valence-electron chi connectivity index (χ2n) is 5.12. The standard InChI is InChI=1S/C13H16N6OS/c1-8(2)20-12-11(15)9(5-14)21-13(12)18-3-4-19-7-16-17-10(19)6-18/h7-8H,3-4,6,15H2,1-2H3. The van der Waals surface area contributed by atoms with Crippen molar-refractivity contribution in [3.8, 4) is 11.8 Å². The van der Waals surface area contributed by atoms with Gasteiger partial charge in [0.25, 0.3) is 0 Å². The Kier molecular flexibility index (Phi) is 3.43. The summed E-state index contributed by atoms with van der Waals surface area (Å²) in [5.41, 5.74) is 6.48. The van der Waals surface area contributed by atoms with Crippen LogP contribution in [0.15, 0.2) is 6.33 Å². The van der Waals surface area contributed by atoms with E-state index in [0.29, 0.717) is 22.9 Å². The van der Waals surface area contributed by atoms with Crippen molar-refractivity contribution in [3.63, 3.8) is 0 Å².